The van der Waals surface area contributed by atoms with E-state index in [9.17, 15) is 13.2 Å². The lowest BCUT2D eigenvalue weighted by molar-refractivity contribution is 0.0985. The second kappa shape index (κ2) is 6.40. The number of nitrogens with zero attached hydrogens (tertiary/aromatic N) is 1. The van der Waals surface area contributed by atoms with Gasteiger partial charge in [0.2, 0.25) is 0 Å². The average molecular weight is 343 g/mol. The minimum Gasteiger partial charge on any atom is -0.308 e. The number of carbonyl (C=O) groups is 1. The van der Waals surface area contributed by atoms with Crippen molar-refractivity contribution in [2.24, 2.45) is 0 Å². The molecule has 3 rings (SSSR count). The standard InChI is InChI=1S/C19H21NO3S/c1-14-6-3-8-16-10-5-11-20(18(14)16)19(21)17-9-4-7-15(12-17)13-24(2,22)23/h3-4,6-9,12H,5,10-11,13H2,1-2H3. The highest BCUT2D eigenvalue weighted by Gasteiger charge is 2.25. The minimum absolute atomic E-state index is 0.0519. The molecule has 1 heterocycles. The topological polar surface area (TPSA) is 54.5 Å². The summed E-state index contributed by atoms with van der Waals surface area (Å²) in [4.78, 5) is 14.8. The minimum atomic E-state index is -3.12. The SMILES string of the molecule is Cc1cccc2c1N(C(=O)c1cccc(CS(C)(=O)=O)c1)CCC2. The Morgan fingerprint density at radius 3 is 2.67 bits per heavy atom. The molecule has 0 aliphatic carbocycles. The fourth-order valence-corrected chi connectivity index (χ4v) is 4.09. The maximum atomic E-state index is 13.0. The van der Waals surface area contributed by atoms with Crippen LogP contribution in [0.1, 0.15) is 33.5 Å². The average Bonchev–Trinajstić information content (AvgIpc) is 2.52. The van der Waals surface area contributed by atoms with E-state index in [4.69, 9.17) is 0 Å². The number of carbonyl (C=O) groups excluding carboxylic acids is 1. The first-order valence-electron chi connectivity index (χ1n) is 8.02. The summed E-state index contributed by atoms with van der Waals surface area (Å²) in [5.41, 5.74) is 4.47. The molecule has 1 amide bonds. The fourth-order valence-electron chi connectivity index (χ4n) is 3.30. The number of aryl methyl sites for hydroxylation is 2. The van der Waals surface area contributed by atoms with Crippen LogP contribution in [0.2, 0.25) is 0 Å². The smallest absolute Gasteiger partial charge is 0.258 e. The van der Waals surface area contributed by atoms with E-state index in [1.807, 2.05) is 24.0 Å². The number of amides is 1. The van der Waals surface area contributed by atoms with Gasteiger partial charge in [0.1, 0.15) is 0 Å². The Hall–Kier alpha value is -2.14. The molecule has 0 saturated heterocycles. The molecule has 2 aromatic rings. The summed E-state index contributed by atoms with van der Waals surface area (Å²) < 4.78 is 23.0. The van der Waals surface area contributed by atoms with Crippen LogP contribution in [0.4, 0.5) is 5.69 Å². The van der Waals surface area contributed by atoms with Gasteiger partial charge in [-0.25, -0.2) is 8.42 Å². The largest absolute Gasteiger partial charge is 0.308 e. The van der Waals surface area contributed by atoms with Crippen LogP contribution < -0.4 is 4.90 Å². The molecule has 1 aliphatic rings. The quantitative estimate of drug-likeness (QED) is 0.860. The van der Waals surface area contributed by atoms with Crippen LogP contribution in [-0.2, 0) is 22.0 Å². The molecule has 0 bridgehead atoms. The molecule has 0 atom stereocenters. The molecule has 0 aromatic heterocycles. The van der Waals surface area contributed by atoms with Gasteiger partial charge >= 0.3 is 0 Å². The third kappa shape index (κ3) is 3.51. The molecule has 2 aromatic carbocycles. The molecule has 1 aliphatic heterocycles. The molecular formula is C19H21NO3S. The van der Waals surface area contributed by atoms with Crippen molar-refractivity contribution in [2.45, 2.75) is 25.5 Å². The predicted molar refractivity (Wildman–Crippen MR) is 96.2 cm³/mol. The maximum Gasteiger partial charge on any atom is 0.258 e. The van der Waals surface area contributed by atoms with Crippen molar-refractivity contribution in [3.63, 3.8) is 0 Å². The lowest BCUT2D eigenvalue weighted by atomic mass is 9.97. The Kier molecular flexibility index (Phi) is 4.45. The molecule has 4 nitrogen and oxygen atoms in total. The summed E-state index contributed by atoms with van der Waals surface area (Å²) >= 11 is 0. The number of hydrogen-bond donors (Lipinski definition) is 0. The van der Waals surface area contributed by atoms with E-state index in [0.29, 0.717) is 17.7 Å². The number of sulfone groups is 1. The number of fused-ring (bicyclic) bond motifs is 1. The number of hydrogen-bond acceptors (Lipinski definition) is 3. The number of para-hydroxylation sites is 1. The molecule has 0 saturated carbocycles. The summed E-state index contributed by atoms with van der Waals surface area (Å²) in [5.74, 6) is -0.121. The van der Waals surface area contributed by atoms with Gasteiger partial charge in [-0.15, -0.1) is 0 Å². The van der Waals surface area contributed by atoms with Gasteiger partial charge in [0.05, 0.1) is 11.4 Å². The van der Waals surface area contributed by atoms with Crippen LogP contribution in [0.25, 0.3) is 0 Å². The predicted octanol–water partition coefficient (Wildman–Crippen LogP) is 3.13. The van der Waals surface area contributed by atoms with Crippen molar-refractivity contribution in [3.05, 3.63) is 64.7 Å². The van der Waals surface area contributed by atoms with E-state index in [1.54, 1.807) is 24.3 Å². The highest BCUT2D eigenvalue weighted by atomic mass is 32.2. The van der Waals surface area contributed by atoms with Gasteiger partial charge in [-0.3, -0.25) is 4.79 Å². The van der Waals surface area contributed by atoms with E-state index >= 15 is 0 Å². The zero-order valence-electron chi connectivity index (χ0n) is 14.0. The van der Waals surface area contributed by atoms with Crippen molar-refractivity contribution in [1.29, 1.82) is 0 Å². The van der Waals surface area contributed by atoms with Gasteiger partial charge in [-0.2, -0.15) is 0 Å². The van der Waals surface area contributed by atoms with Crippen LogP contribution in [-0.4, -0.2) is 27.1 Å². The van der Waals surface area contributed by atoms with Gasteiger partial charge in [-0.1, -0.05) is 30.3 Å². The molecule has 5 heteroatoms. The monoisotopic (exact) mass is 343 g/mol. The van der Waals surface area contributed by atoms with Gasteiger partial charge in [0.15, 0.2) is 9.84 Å². The third-order valence-corrected chi connectivity index (χ3v) is 5.12. The Morgan fingerprint density at radius 2 is 1.92 bits per heavy atom. The molecular weight excluding hydrogens is 322 g/mol. The van der Waals surface area contributed by atoms with E-state index in [-0.39, 0.29) is 11.7 Å². The summed E-state index contributed by atoms with van der Waals surface area (Å²) in [5, 5.41) is 0. The zero-order chi connectivity index (χ0) is 17.3. The van der Waals surface area contributed by atoms with E-state index in [1.165, 1.54) is 11.8 Å². The first-order valence-corrected chi connectivity index (χ1v) is 10.1. The van der Waals surface area contributed by atoms with Crippen molar-refractivity contribution in [3.8, 4) is 0 Å². The summed E-state index contributed by atoms with van der Waals surface area (Å²) in [7, 11) is -3.12. The zero-order valence-corrected chi connectivity index (χ0v) is 14.8. The summed E-state index contributed by atoms with van der Waals surface area (Å²) in [6.07, 6.45) is 3.12. The molecule has 0 unspecified atom stereocenters. The lowest BCUT2D eigenvalue weighted by Gasteiger charge is -2.31. The number of benzene rings is 2. The van der Waals surface area contributed by atoms with E-state index in [0.717, 1.165) is 24.1 Å². The van der Waals surface area contributed by atoms with Crippen molar-refractivity contribution in [1.82, 2.24) is 0 Å². The van der Waals surface area contributed by atoms with Crippen molar-refractivity contribution in [2.75, 3.05) is 17.7 Å². The Labute approximate surface area is 143 Å². The lowest BCUT2D eigenvalue weighted by Crippen LogP contribution is -2.36. The molecule has 0 N–H and O–H groups in total. The molecule has 126 valence electrons. The molecule has 0 radical (unpaired) electrons. The van der Waals surface area contributed by atoms with Gasteiger partial charge in [0.25, 0.3) is 5.91 Å². The fraction of sp³-hybridized carbons (Fsp3) is 0.316. The summed E-state index contributed by atoms with van der Waals surface area (Å²) in [6, 6.07) is 13.0. The van der Waals surface area contributed by atoms with Gasteiger partial charge in [-0.05, 0) is 48.6 Å². The normalized spacial score (nSPS) is 14.3. The molecule has 0 fully saturated rings. The number of anilines is 1. The molecule has 24 heavy (non-hydrogen) atoms. The number of rotatable bonds is 3. The van der Waals surface area contributed by atoms with Crippen LogP contribution >= 0.6 is 0 Å². The Bertz CT molecular complexity index is 887. The Balaban J connectivity index is 1.95. The third-order valence-electron chi connectivity index (χ3n) is 4.27. The van der Waals surface area contributed by atoms with E-state index in [2.05, 4.69) is 6.07 Å². The van der Waals surface area contributed by atoms with Crippen LogP contribution in [0.3, 0.4) is 0 Å². The summed E-state index contributed by atoms with van der Waals surface area (Å²) in [6.45, 7) is 2.71. The van der Waals surface area contributed by atoms with Crippen molar-refractivity contribution >= 4 is 21.4 Å². The highest BCUT2D eigenvalue weighted by molar-refractivity contribution is 7.89. The second-order valence-corrected chi connectivity index (χ2v) is 8.55. The molecule has 0 spiro atoms. The van der Waals surface area contributed by atoms with Gasteiger partial charge < -0.3 is 4.90 Å². The van der Waals surface area contributed by atoms with Crippen LogP contribution in [0, 0.1) is 6.92 Å². The second-order valence-electron chi connectivity index (χ2n) is 6.41. The van der Waals surface area contributed by atoms with Crippen molar-refractivity contribution < 1.29 is 13.2 Å². The first kappa shape index (κ1) is 16.7. The highest BCUT2D eigenvalue weighted by Crippen LogP contribution is 2.31. The first-order chi connectivity index (χ1) is 11.3. The van der Waals surface area contributed by atoms with E-state index < -0.39 is 9.84 Å². The van der Waals surface area contributed by atoms with Crippen LogP contribution in [0.5, 0.6) is 0 Å². The Morgan fingerprint density at radius 1 is 1.17 bits per heavy atom. The van der Waals surface area contributed by atoms with Crippen LogP contribution in [0.15, 0.2) is 42.5 Å². The maximum absolute atomic E-state index is 13.0. The van der Waals surface area contributed by atoms with Gasteiger partial charge in [0, 0.05) is 18.4 Å².